The van der Waals surface area contributed by atoms with Gasteiger partial charge in [0.25, 0.3) is 11.8 Å². The van der Waals surface area contributed by atoms with Gasteiger partial charge < -0.3 is 19.4 Å². The first-order valence-electron chi connectivity index (χ1n) is 9.93. The number of amides is 2. The zero-order chi connectivity index (χ0) is 22.3. The van der Waals surface area contributed by atoms with Crippen molar-refractivity contribution in [2.45, 2.75) is 12.6 Å². The first kappa shape index (κ1) is 22.8. The first-order valence-corrected chi connectivity index (χ1v) is 9.93. The van der Waals surface area contributed by atoms with Crippen molar-refractivity contribution in [2.24, 2.45) is 0 Å². The van der Waals surface area contributed by atoms with Crippen LogP contribution >= 0.6 is 0 Å². The normalized spacial score (nSPS) is 15.1. The summed E-state index contributed by atoms with van der Waals surface area (Å²) in [5.74, 6) is -0.360. The molecule has 1 saturated heterocycles. The number of nitrogens with zero attached hydrogens (tertiary/aromatic N) is 2. The standard InChI is InChI=1S/C21H24F3N3O4/c22-21(23,24)15-30-12-3-7-26-8-10-27(11-9-26)20(29)16-4-1-5-17(14-16)25-19(28)18-6-2-13-31-18/h1-2,4-6,13-14H,3,7-12,15H2,(H,25,28). The second-order valence-electron chi connectivity index (χ2n) is 7.17. The molecular weight excluding hydrogens is 415 g/mol. The molecule has 1 aromatic carbocycles. The van der Waals surface area contributed by atoms with Gasteiger partial charge in [-0.25, -0.2) is 0 Å². The third-order valence-corrected chi connectivity index (χ3v) is 4.80. The largest absolute Gasteiger partial charge is 0.459 e. The molecule has 1 aliphatic rings. The number of piperazine rings is 1. The molecule has 0 unspecified atom stereocenters. The molecule has 0 atom stereocenters. The van der Waals surface area contributed by atoms with E-state index in [2.05, 4.69) is 15.0 Å². The van der Waals surface area contributed by atoms with Crippen LogP contribution in [0.5, 0.6) is 0 Å². The van der Waals surface area contributed by atoms with Gasteiger partial charge in [0.2, 0.25) is 0 Å². The van der Waals surface area contributed by atoms with Crippen LogP contribution in [0.2, 0.25) is 0 Å². The summed E-state index contributed by atoms with van der Waals surface area (Å²) in [5, 5.41) is 2.70. The second-order valence-corrected chi connectivity index (χ2v) is 7.17. The SMILES string of the molecule is O=C(Nc1cccc(C(=O)N2CCN(CCCOCC(F)(F)F)CC2)c1)c1ccco1. The van der Waals surface area contributed by atoms with Gasteiger partial charge >= 0.3 is 6.18 Å². The van der Waals surface area contributed by atoms with E-state index in [1.807, 2.05) is 0 Å². The first-order chi connectivity index (χ1) is 14.8. The van der Waals surface area contributed by atoms with Crippen molar-refractivity contribution in [2.75, 3.05) is 51.3 Å². The predicted molar refractivity (Wildman–Crippen MR) is 107 cm³/mol. The van der Waals surface area contributed by atoms with Crippen LogP contribution in [0.4, 0.5) is 18.9 Å². The van der Waals surface area contributed by atoms with E-state index >= 15 is 0 Å². The molecule has 31 heavy (non-hydrogen) atoms. The number of alkyl halides is 3. The number of carbonyl (C=O) groups excluding carboxylic acids is 2. The third kappa shape index (κ3) is 7.11. The number of hydrogen-bond donors (Lipinski definition) is 1. The van der Waals surface area contributed by atoms with E-state index in [4.69, 9.17) is 4.42 Å². The van der Waals surface area contributed by atoms with Crippen LogP contribution in [0.1, 0.15) is 27.3 Å². The van der Waals surface area contributed by atoms with Crippen molar-refractivity contribution in [1.29, 1.82) is 0 Å². The van der Waals surface area contributed by atoms with E-state index in [1.165, 1.54) is 6.26 Å². The van der Waals surface area contributed by atoms with Crippen LogP contribution in [-0.4, -0.2) is 73.7 Å². The Balaban J connectivity index is 1.43. The van der Waals surface area contributed by atoms with Gasteiger partial charge in [-0.3, -0.25) is 14.5 Å². The van der Waals surface area contributed by atoms with E-state index in [0.717, 1.165) is 0 Å². The van der Waals surface area contributed by atoms with E-state index in [9.17, 15) is 22.8 Å². The van der Waals surface area contributed by atoms with Crippen LogP contribution < -0.4 is 5.32 Å². The molecule has 10 heteroatoms. The Kier molecular flexibility index (Phi) is 7.69. The summed E-state index contributed by atoms with van der Waals surface area (Å²) in [7, 11) is 0. The fourth-order valence-corrected chi connectivity index (χ4v) is 3.27. The quantitative estimate of drug-likeness (QED) is 0.639. The molecule has 0 spiro atoms. The molecule has 0 radical (unpaired) electrons. The van der Waals surface area contributed by atoms with Crippen LogP contribution in [0, 0.1) is 0 Å². The van der Waals surface area contributed by atoms with Gasteiger partial charge in [0.05, 0.1) is 6.26 Å². The van der Waals surface area contributed by atoms with E-state index in [0.29, 0.717) is 50.4 Å². The Morgan fingerprint density at radius 1 is 1.10 bits per heavy atom. The molecule has 0 bridgehead atoms. The Bertz CT molecular complexity index is 863. The summed E-state index contributed by atoms with van der Waals surface area (Å²) >= 11 is 0. The zero-order valence-corrected chi connectivity index (χ0v) is 16.9. The number of nitrogens with one attached hydrogen (secondary N) is 1. The number of anilines is 1. The van der Waals surface area contributed by atoms with Crippen LogP contribution in [0.25, 0.3) is 0 Å². The lowest BCUT2D eigenvalue weighted by molar-refractivity contribution is -0.174. The van der Waals surface area contributed by atoms with Crippen LogP contribution in [0.3, 0.4) is 0 Å². The summed E-state index contributed by atoms with van der Waals surface area (Å²) < 4.78 is 45.8. The van der Waals surface area contributed by atoms with Crippen molar-refractivity contribution < 1.29 is 31.9 Å². The minimum Gasteiger partial charge on any atom is -0.459 e. The third-order valence-electron chi connectivity index (χ3n) is 4.80. The van der Waals surface area contributed by atoms with Crippen LogP contribution in [-0.2, 0) is 4.74 Å². The van der Waals surface area contributed by atoms with Crippen molar-refractivity contribution in [1.82, 2.24) is 9.80 Å². The minimum absolute atomic E-state index is 0.0508. The summed E-state index contributed by atoms with van der Waals surface area (Å²) in [6, 6.07) is 9.86. The van der Waals surface area contributed by atoms with Gasteiger partial charge in [0, 0.05) is 50.6 Å². The van der Waals surface area contributed by atoms with E-state index in [-0.39, 0.29) is 18.3 Å². The Hall–Kier alpha value is -2.85. The molecule has 168 valence electrons. The Morgan fingerprint density at radius 3 is 2.55 bits per heavy atom. The number of carbonyl (C=O) groups is 2. The number of ether oxygens (including phenoxy) is 1. The number of halogens is 3. The number of benzene rings is 1. The lowest BCUT2D eigenvalue weighted by Gasteiger charge is -2.34. The fourth-order valence-electron chi connectivity index (χ4n) is 3.27. The molecule has 3 rings (SSSR count). The molecule has 0 saturated carbocycles. The van der Waals surface area contributed by atoms with Gasteiger partial charge in [-0.1, -0.05) is 6.07 Å². The predicted octanol–water partition coefficient (Wildman–Crippen LogP) is 3.26. The van der Waals surface area contributed by atoms with Gasteiger partial charge in [-0.15, -0.1) is 0 Å². The molecule has 7 nitrogen and oxygen atoms in total. The highest BCUT2D eigenvalue weighted by atomic mass is 19.4. The molecule has 1 aromatic heterocycles. The van der Waals surface area contributed by atoms with Gasteiger partial charge in [0.1, 0.15) is 6.61 Å². The van der Waals surface area contributed by atoms with Crippen molar-refractivity contribution in [3.63, 3.8) is 0 Å². The van der Waals surface area contributed by atoms with Gasteiger partial charge in [-0.2, -0.15) is 13.2 Å². The maximum atomic E-state index is 12.8. The Morgan fingerprint density at radius 2 is 1.87 bits per heavy atom. The number of furan rings is 1. The number of rotatable bonds is 8. The number of hydrogen-bond acceptors (Lipinski definition) is 5. The average molecular weight is 439 g/mol. The Labute approximate surface area is 177 Å². The summed E-state index contributed by atoms with van der Waals surface area (Å²) in [6.45, 7) is 1.76. The van der Waals surface area contributed by atoms with E-state index in [1.54, 1.807) is 41.3 Å². The lowest BCUT2D eigenvalue weighted by atomic mass is 10.1. The molecule has 2 amide bonds. The summed E-state index contributed by atoms with van der Waals surface area (Å²) in [6.07, 6.45) is -2.39. The molecule has 0 aliphatic carbocycles. The second kappa shape index (κ2) is 10.5. The minimum atomic E-state index is -4.30. The van der Waals surface area contributed by atoms with Crippen LogP contribution in [0.15, 0.2) is 47.1 Å². The summed E-state index contributed by atoms with van der Waals surface area (Å²) in [4.78, 5) is 28.7. The highest BCUT2D eigenvalue weighted by Crippen LogP contribution is 2.16. The molecule has 1 N–H and O–H groups in total. The maximum Gasteiger partial charge on any atom is 0.411 e. The lowest BCUT2D eigenvalue weighted by Crippen LogP contribution is -2.49. The van der Waals surface area contributed by atoms with Crippen molar-refractivity contribution in [3.05, 3.63) is 54.0 Å². The monoisotopic (exact) mass is 439 g/mol. The fraction of sp³-hybridized carbons (Fsp3) is 0.429. The van der Waals surface area contributed by atoms with Crippen molar-refractivity contribution >= 4 is 17.5 Å². The van der Waals surface area contributed by atoms with Gasteiger partial charge in [0.15, 0.2) is 5.76 Å². The van der Waals surface area contributed by atoms with Gasteiger partial charge in [-0.05, 0) is 36.8 Å². The van der Waals surface area contributed by atoms with E-state index < -0.39 is 18.7 Å². The molecule has 2 aromatic rings. The highest BCUT2D eigenvalue weighted by Gasteiger charge is 2.27. The highest BCUT2D eigenvalue weighted by molar-refractivity contribution is 6.03. The molecule has 2 heterocycles. The topological polar surface area (TPSA) is 75.0 Å². The maximum absolute atomic E-state index is 12.8. The average Bonchev–Trinajstić information content (AvgIpc) is 3.28. The summed E-state index contributed by atoms with van der Waals surface area (Å²) in [5.41, 5.74) is 0.955. The molecule has 1 fully saturated rings. The van der Waals surface area contributed by atoms with Crippen molar-refractivity contribution in [3.8, 4) is 0 Å². The smallest absolute Gasteiger partial charge is 0.411 e. The molecular formula is C21H24F3N3O4. The molecule has 1 aliphatic heterocycles. The zero-order valence-electron chi connectivity index (χ0n) is 16.9.